The molecular weight excluding hydrogens is 218 g/mol. The highest BCUT2D eigenvalue weighted by Gasteiger charge is 2.25. The van der Waals surface area contributed by atoms with E-state index in [1.54, 1.807) is 6.07 Å². The van der Waals surface area contributed by atoms with Gasteiger partial charge in [0.25, 0.3) is 0 Å². The van der Waals surface area contributed by atoms with Crippen LogP contribution in [0.3, 0.4) is 0 Å². The molecule has 1 N–H and O–H groups in total. The molecule has 17 heavy (non-hydrogen) atoms. The van der Waals surface area contributed by atoms with E-state index in [0.717, 1.165) is 13.0 Å². The van der Waals surface area contributed by atoms with Crippen molar-refractivity contribution in [3.63, 3.8) is 0 Å². The molecule has 0 aliphatic carbocycles. The number of benzene rings is 1. The number of para-hydroxylation sites is 1. The normalized spacial score (nSPS) is 14.7. The van der Waals surface area contributed by atoms with Crippen molar-refractivity contribution in [3.8, 4) is 11.5 Å². The van der Waals surface area contributed by atoms with Crippen LogP contribution in [0.2, 0.25) is 0 Å². The lowest BCUT2D eigenvalue weighted by Gasteiger charge is -2.15. The Morgan fingerprint density at radius 1 is 1.41 bits per heavy atom. The molecule has 2 rings (SSSR count). The van der Waals surface area contributed by atoms with Crippen LogP contribution in [0.4, 0.5) is 0 Å². The van der Waals surface area contributed by atoms with Crippen LogP contribution in [0.1, 0.15) is 30.6 Å². The van der Waals surface area contributed by atoms with Gasteiger partial charge in [0.1, 0.15) is 0 Å². The fraction of sp³-hybridized carbons (Fsp3) is 0.462. The summed E-state index contributed by atoms with van der Waals surface area (Å²) < 4.78 is 10.6. The van der Waals surface area contributed by atoms with Crippen molar-refractivity contribution in [2.24, 2.45) is 0 Å². The van der Waals surface area contributed by atoms with Gasteiger partial charge in [-0.25, -0.2) is 0 Å². The smallest absolute Gasteiger partial charge is 0.231 e. The molecule has 0 amide bonds. The Bertz CT molecular complexity index is 417. The van der Waals surface area contributed by atoms with Crippen LogP contribution in [0.25, 0.3) is 0 Å². The van der Waals surface area contributed by atoms with Gasteiger partial charge in [-0.3, -0.25) is 4.79 Å². The van der Waals surface area contributed by atoms with Gasteiger partial charge >= 0.3 is 0 Å². The second-order valence-corrected chi connectivity index (χ2v) is 3.92. The maximum Gasteiger partial charge on any atom is 0.231 e. The number of hydrogen-bond acceptors (Lipinski definition) is 4. The molecule has 1 aromatic rings. The first kappa shape index (κ1) is 11.9. The molecule has 92 valence electrons. The van der Waals surface area contributed by atoms with Crippen molar-refractivity contribution in [3.05, 3.63) is 23.8 Å². The molecule has 4 nitrogen and oxygen atoms in total. The van der Waals surface area contributed by atoms with Crippen molar-refractivity contribution < 1.29 is 14.3 Å². The summed E-state index contributed by atoms with van der Waals surface area (Å²) in [5.74, 6) is 1.30. The minimum atomic E-state index is -0.157. The Morgan fingerprint density at radius 3 is 2.94 bits per heavy atom. The SMILES string of the molecule is CCNC(CC)C(=O)c1cccc2c1OCO2. The summed E-state index contributed by atoms with van der Waals surface area (Å²) in [6, 6.07) is 5.26. The van der Waals surface area contributed by atoms with E-state index in [2.05, 4.69) is 5.32 Å². The van der Waals surface area contributed by atoms with E-state index in [4.69, 9.17) is 9.47 Å². The molecule has 0 aromatic heterocycles. The zero-order chi connectivity index (χ0) is 12.3. The van der Waals surface area contributed by atoms with Crippen molar-refractivity contribution in [2.75, 3.05) is 13.3 Å². The molecule has 0 saturated carbocycles. The van der Waals surface area contributed by atoms with E-state index in [9.17, 15) is 4.79 Å². The van der Waals surface area contributed by atoms with Gasteiger partial charge in [0.2, 0.25) is 6.79 Å². The van der Waals surface area contributed by atoms with E-state index in [1.807, 2.05) is 26.0 Å². The second kappa shape index (κ2) is 5.19. The molecule has 0 fully saturated rings. The zero-order valence-corrected chi connectivity index (χ0v) is 10.2. The minimum absolute atomic E-state index is 0.0664. The van der Waals surface area contributed by atoms with Crippen molar-refractivity contribution >= 4 is 5.78 Å². The Balaban J connectivity index is 2.28. The van der Waals surface area contributed by atoms with Gasteiger partial charge in [-0.1, -0.05) is 19.9 Å². The molecule has 1 atom stereocenters. The maximum atomic E-state index is 12.3. The molecule has 1 aliphatic heterocycles. The van der Waals surface area contributed by atoms with Gasteiger partial charge in [0.15, 0.2) is 17.3 Å². The quantitative estimate of drug-likeness (QED) is 0.793. The summed E-state index contributed by atoms with van der Waals surface area (Å²) in [7, 11) is 0. The highest BCUT2D eigenvalue weighted by atomic mass is 16.7. The summed E-state index contributed by atoms with van der Waals surface area (Å²) in [6.07, 6.45) is 0.761. The number of rotatable bonds is 5. The summed E-state index contributed by atoms with van der Waals surface area (Å²) in [5.41, 5.74) is 0.604. The van der Waals surface area contributed by atoms with Gasteiger partial charge in [-0.15, -0.1) is 0 Å². The van der Waals surface area contributed by atoms with Crippen LogP contribution in [0.5, 0.6) is 11.5 Å². The standard InChI is InChI=1S/C13H17NO3/c1-3-10(14-4-2)12(15)9-6-5-7-11-13(9)17-8-16-11/h5-7,10,14H,3-4,8H2,1-2H3. The number of hydrogen-bond donors (Lipinski definition) is 1. The number of nitrogens with one attached hydrogen (secondary N) is 1. The van der Waals surface area contributed by atoms with Crippen LogP contribution >= 0.6 is 0 Å². The fourth-order valence-corrected chi connectivity index (χ4v) is 1.98. The van der Waals surface area contributed by atoms with E-state index in [-0.39, 0.29) is 18.6 Å². The molecule has 1 unspecified atom stereocenters. The number of likely N-dealkylation sites (N-methyl/N-ethyl adjacent to an activating group) is 1. The molecule has 1 heterocycles. The van der Waals surface area contributed by atoms with Gasteiger partial charge in [-0.2, -0.15) is 0 Å². The first-order valence-corrected chi connectivity index (χ1v) is 5.94. The third kappa shape index (κ3) is 2.26. The van der Waals surface area contributed by atoms with Crippen LogP contribution in [0, 0.1) is 0 Å². The highest BCUT2D eigenvalue weighted by molar-refractivity contribution is 6.03. The first-order valence-electron chi connectivity index (χ1n) is 5.94. The molecule has 0 radical (unpaired) electrons. The monoisotopic (exact) mass is 235 g/mol. The lowest BCUT2D eigenvalue weighted by atomic mass is 10.0. The average Bonchev–Trinajstić information content (AvgIpc) is 2.83. The van der Waals surface area contributed by atoms with Crippen molar-refractivity contribution in [1.29, 1.82) is 0 Å². The van der Waals surface area contributed by atoms with E-state index < -0.39 is 0 Å². The fourth-order valence-electron chi connectivity index (χ4n) is 1.98. The molecule has 4 heteroatoms. The highest BCUT2D eigenvalue weighted by Crippen LogP contribution is 2.35. The number of fused-ring (bicyclic) bond motifs is 1. The van der Waals surface area contributed by atoms with E-state index in [0.29, 0.717) is 17.1 Å². The van der Waals surface area contributed by atoms with Gasteiger partial charge in [0.05, 0.1) is 11.6 Å². The number of Topliss-reactive ketones (excluding diaryl/α,β-unsaturated/α-hetero) is 1. The Morgan fingerprint density at radius 2 is 2.24 bits per heavy atom. The van der Waals surface area contributed by atoms with Crippen LogP contribution in [-0.4, -0.2) is 25.2 Å². The summed E-state index contributed by atoms with van der Waals surface area (Å²) in [6.45, 7) is 4.95. The van der Waals surface area contributed by atoms with E-state index >= 15 is 0 Å². The number of carbonyl (C=O) groups excluding carboxylic acids is 1. The van der Waals surface area contributed by atoms with Crippen LogP contribution in [-0.2, 0) is 0 Å². The molecule has 0 spiro atoms. The maximum absolute atomic E-state index is 12.3. The number of carbonyl (C=O) groups is 1. The molecular formula is C13H17NO3. The molecule has 0 saturated heterocycles. The van der Waals surface area contributed by atoms with Crippen LogP contribution < -0.4 is 14.8 Å². The van der Waals surface area contributed by atoms with E-state index in [1.165, 1.54) is 0 Å². The van der Waals surface area contributed by atoms with Crippen molar-refractivity contribution in [2.45, 2.75) is 26.3 Å². The molecule has 1 aliphatic rings. The summed E-state index contributed by atoms with van der Waals surface area (Å²) in [4.78, 5) is 12.3. The Labute approximate surface area is 101 Å². The second-order valence-electron chi connectivity index (χ2n) is 3.92. The third-order valence-electron chi connectivity index (χ3n) is 2.84. The average molecular weight is 235 g/mol. The Hall–Kier alpha value is -1.55. The number of ketones is 1. The van der Waals surface area contributed by atoms with Gasteiger partial charge in [0, 0.05) is 0 Å². The lowest BCUT2D eigenvalue weighted by molar-refractivity contribution is 0.0937. The zero-order valence-electron chi connectivity index (χ0n) is 10.2. The predicted molar refractivity (Wildman–Crippen MR) is 64.7 cm³/mol. The third-order valence-corrected chi connectivity index (χ3v) is 2.84. The summed E-state index contributed by atoms with van der Waals surface area (Å²) >= 11 is 0. The van der Waals surface area contributed by atoms with Crippen molar-refractivity contribution in [1.82, 2.24) is 5.32 Å². The first-order chi connectivity index (χ1) is 8.27. The molecule has 0 bridgehead atoms. The number of ether oxygens (including phenoxy) is 2. The summed E-state index contributed by atoms with van der Waals surface area (Å²) in [5, 5.41) is 3.18. The topological polar surface area (TPSA) is 47.6 Å². The van der Waals surface area contributed by atoms with Crippen LogP contribution in [0.15, 0.2) is 18.2 Å². The predicted octanol–water partition coefficient (Wildman–Crippen LogP) is 1.99. The molecule has 1 aromatic carbocycles. The lowest BCUT2D eigenvalue weighted by Crippen LogP contribution is -2.36. The minimum Gasteiger partial charge on any atom is -0.454 e. The Kier molecular flexibility index (Phi) is 3.64. The largest absolute Gasteiger partial charge is 0.454 e. The van der Waals surface area contributed by atoms with Gasteiger partial charge in [-0.05, 0) is 25.1 Å². The van der Waals surface area contributed by atoms with Gasteiger partial charge < -0.3 is 14.8 Å².